The highest BCUT2D eigenvalue weighted by atomic mass is 15.0. The van der Waals surface area contributed by atoms with Gasteiger partial charge in [-0.3, -0.25) is 4.40 Å². The van der Waals surface area contributed by atoms with Gasteiger partial charge in [0.05, 0.1) is 11.2 Å². The SMILES string of the molecule is CCNCc1nc(/C=C/c2ccc(C)cc2)n2ccccc12. The molecule has 0 aliphatic rings. The van der Waals surface area contributed by atoms with E-state index >= 15 is 0 Å². The Hall–Kier alpha value is -2.39. The van der Waals surface area contributed by atoms with Crippen LogP contribution < -0.4 is 5.32 Å². The van der Waals surface area contributed by atoms with Crippen molar-refractivity contribution >= 4 is 17.7 Å². The predicted octanol–water partition coefficient (Wildman–Crippen LogP) is 3.92. The lowest BCUT2D eigenvalue weighted by molar-refractivity contribution is 0.717. The number of imidazole rings is 1. The molecule has 0 aliphatic heterocycles. The number of aromatic nitrogens is 2. The van der Waals surface area contributed by atoms with Gasteiger partial charge >= 0.3 is 0 Å². The van der Waals surface area contributed by atoms with Gasteiger partial charge in [0, 0.05) is 12.7 Å². The average Bonchev–Trinajstić information content (AvgIpc) is 2.91. The van der Waals surface area contributed by atoms with Crippen molar-refractivity contribution in [3.8, 4) is 0 Å². The molecule has 112 valence electrons. The molecule has 0 spiro atoms. The third-order valence-electron chi connectivity index (χ3n) is 3.70. The Balaban J connectivity index is 1.94. The first-order chi connectivity index (χ1) is 10.8. The van der Waals surface area contributed by atoms with Crippen LogP contribution >= 0.6 is 0 Å². The summed E-state index contributed by atoms with van der Waals surface area (Å²) in [5.74, 6) is 0.962. The highest BCUT2D eigenvalue weighted by molar-refractivity contribution is 5.69. The van der Waals surface area contributed by atoms with E-state index in [1.165, 1.54) is 11.1 Å². The molecule has 0 aliphatic carbocycles. The van der Waals surface area contributed by atoms with Crippen LogP contribution in [0.4, 0.5) is 0 Å². The van der Waals surface area contributed by atoms with Crippen molar-refractivity contribution < 1.29 is 0 Å². The van der Waals surface area contributed by atoms with Gasteiger partial charge in [-0.05, 0) is 37.2 Å². The fourth-order valence-electron chi connectivity index (χ4n) is 2.47. The van der Waals surface area contributed by atoms with Crippen molar-refractivity contribution in [3.05, 3.63) is 71.3 Å². The molecule has 2 heterocycles. The number of hydrogen-bond donors (Lipinski definition) is 1. The lowest BCUT2D eigenvalue weighted by atomic mass is 10.1. The maximum absolute atomic E-state index is 4.77. The molecule has 3 rings (SSSR count). The first-order valence-electron chi connectivity index (χ1n) is 7.69. The van der Waals surface area contributed by atoms with E-state index in [0.717, 1.165) is 30.1 Å². The Labute approximate surface area is 131 Å². The molecule has 0 saturated carbocycles. The molecule has 0 fully saturated rings. The van der Waals surface area contributed by atoms with Crippen molar-refractivity contribution in [2.24, 2.45) is 0 Å². The molecule has 3 heteroatoms. The number of rotatable bonds is 5. The van der Waals surface area contributed by atoms with E-state index in [2.05, 4.69) is 78.3 Å². The Morgan fingerprint density at radius 1 is 1.09 bits per heavy atom. The second-order valence-electron chi connectivity index (χ2n) is 5.40. The number of hydrogen-bond acceptors (Lipinski definition) is 2. The van der Waals surface area contributed by atoms with Crippen LogP contribution in [-0.4, -0.2) is 15.9 Å². The first-order valence-corrected chi connectivity index (χ1v) is 7.69. The van der Waals surface area contributed by atoms with Crippen LogP contribution in [0.5, 0.6) is 0 Å². The maximum atomic E-state index is 4.77. The number of nitrogens with one attached hydrogen (secondary N) is 1. The monoisotopic (exact) mass is 291 g/mol. The molecule has 3 nitrogen and oxygen atoms in total. The summed E-state index contributed by atoms with van der Waals surface area (Å²) in [5.41, 5.74) is 4.71. The third kappa shape index (κ3) is 3.10. The normalized spacial score (nSPS) is 11.5. The summed E-state index contributed by atoms with van der Waals surface area (Å²) < 4.78 is 2.14. The Morgan fingerprint density at radius 3 is 2.68 bits per heavy atom. The molecule has 0 amide bonds. The lowest BCUT2D eigenvalue weighted by Crippen LogP contribution is -2.12. The molecule has 2 aromatic heterocycles. The second kappa shape index (κ2) is 6.58. The molecule has 0 atom stereocenters. The van der Waals surface area contributed by atoms with Gasteiger partial charge in [0.15, 0.2) is 0 Å². The topological polar surface area (TPSA) is 29.3 Å². The van der Waals surface area contributed by atoms with E-state index in [4.69, 9.17) is 4.98 Å². The summed E-state index contributed by atoms with van der Waals surface area (Å²) in [6.07, 6.45) is 6.25. The van der Waals surface area contributed by atoms with E-state index in [9.17, 15) is 0 Å². The molecule has 0 radical (unpaired) electrons. The van der Waals surface area contributed by atoms with Gasteiger partial charge < -0.3 is 5.32 Å². The van der Waals surface area contributed by atoms with Gasteiger partial charge in [-0.15, -0.1) is 0 Å². The number of pyridine rings is 1. The van der Waals surface area contributed by atoms with E-state index < -0.39 is 0 Å². The molecule has 22 heavy (non-hydrogen) atoms. The molecular formula is C19H21N3. The smallest absolute Gasteiger partial charge is 0.137 e. The van der Waals surface area contributed by atoms with Crippen molar-refractivity contribution in [1.82, 2.24) is 14.7 Å². The largest absolute Gasteiger partial charge is 0.311 e. The number of benzene rings is 1. The third-order valence-corrected chi connectivity index (χ3v) is 3.70. The average molecular weight is 291 g/mol. The van der Waals surface area contributed by atoms with E-state index in [1.54, 1.807) is 0 Å². The molecular weight excluding hydrogens is 270 g/mol. The Bertz CT molecular complexity index is 782. The van der Waals surface area contributed by atoms with Crippen molar-refractivity contribution in [2.45, 2.75) is 20.4 Å². The highest BCUT2D eigenvalue weighted by Gasteiger charge is 2.07. The van der Waals surface area contributed by atoms with Crippen LogP contribution in [-0.2, 0) is 6.54 Å². The van der Waals surface area contributed by atoms with E-state index in [-0.39, 0.29) is 0 Å². The van der Waals surface area contributed by atoms with Crippen molar-refractivity contribution in [3.63, 3.8) is 0 Å². The number of aryl methyl sites for hydroxylation is 1. The summed E-state index contributed by atoms with van der Waals surface area (Å²) >= 11 is 0. The zero-order valence-electron chi connectivity index (χ0n) is 13.1. The van der Waals surface area contributed by atoms with Crippen molar-refractivity contribution in [1.29, 1.82) is 0 Å². The minimum atomic E-state index is 0.794. The van der Waals surface area contributed by atoms with Gasteiger partial charge in [0.2, 0.25) is 0 Å². The fraction of sp³-hybridized carbons (Fsp3) is 0.211. The van der Waals surface area contributed by atoms with Gasteiger partial charge in [-0.25, -0.2) is 4.98 Å². The number of fused-ring (bicyclic) bond motifs is 1. The van der Waals surface area contributed by atoms with Crippen LogP contribution in [0.1, 0.15) is 29.6 Å². The standard InChI is InChI=1S/C19H21N3/c1-3-20-14-17-18-6-4-5-13-22(18)19(21-17)12-11-16-9-7-15(2)8-10-16/h4-13,20H,3,14H2,1-2H3/b12-11+. The summed E-state index contributed by atoms with van der Waals surface area (Å²) in [5, 5.41) is 3.35. The molecule has 0 unspecified atom stereocenters. The van der Waals surface area contributed by atoms with Crippen LogP contribution in [0.2, 0.25) is 0 Å². The zero-order valence-corrected chi connectivity index (χ0v) is 13.1. The molecule has 1 N–H and O–H groups in total. The van der Waals surface area contributed by atoms with E-state index in [1.807, 2.05) is 6.07 Å². The quantitative estimate of drug-likeness (QED) is 0.772. The summed E-state index contributed by atoms with van der Waals surface area (Å²) in [4.78, 5) is 4.77. The Kier molecular flexibility index (Phi) is 4.35. The van der Waals surface area contributed by atoms with Gasteiger partial charge in [0.25, 0.3) is 0 Å². The summed E-state index contributed by atoms with van der Waals surface area (Å²) in [6.45, 7) is 5.95. The lowest BCUT2D eigenvalue weighted by Gasteiger charge is -1.98. The minimum Gasteiger partial charge on any atom is -0.311 e. The van der Waals surface area contributed by atoms with Gasteiger partial charge in [-0.1, -0.05) is 48.9 Å². The minimum absolute atomic E-state index is 0.794. The van der Waals surface area contributed by atoms with Crippen LogP contribution in [0.3, 0.4) is 0 Å². The first kappa shape index (κ1) is 14.5. The van der Waals surface area contributed by atoms with Crippen LogP contribution in [0.15, 0.2) is 48.7 Å². The Morgan fingerprint density at radius 2 is 1.91 bits per heavy atom. The summed E-state index contributed by atoms with van der Waals surface area (Å²) in [7, 11) is 0. The highest BCUT2D eigenvalue weighted by Crippen LogP contribution is 2.15. The number of nitrogens with zero attached hydrogens (tertiary/aromatic N) is 2. The maximum Gasteiger partial charge on any atom is 0.137 e. The van der Waals surface area contributed by atoms with Gasteiger partial charge in [-0.2, -0.15) is 0 Å². The second-order valence-corrected chi connectivity index (χ2v) is 5.40. The van der Waals surface area contributed by atoms with Crippen LogP contribution in [0.25, 0.3) is 17.7 Å². The molecule has 0 bridgehead atoms. The van der Waals surface area contributed by atoms with Crippen LogP contribution in [0, 0.1) is 6.92 Å². The van der Waals surface area contributed by atoms with Crippen molar-refractivity contribution in [2.75, 3.05) is 6.54 Å². The van der Waals surface area contributed by atoms with E-state index in [0.29, 0.717) is 0 Å². The van der Waals surface area contributed by atoms with Gasteiger partial charge in [0.1, 0.15) is 5.82 Å². The molecule has 0 saturated heterocycles. The fourth-order valence-corrected chi connectivity index (χ4v) is 2.47. The molecule has 1 aromatic carbocycles. The summed E-state index contributed by atoms with van der Waals surface area (Å²) in [6, 6.07) is 14.7. The predicted molar refractivity (Wildman–Crippen MR) is 92.7 cm³/mol. The zero-order chi connectivity index (χ0) is 15.4. The molecule has 3 aromatic rings.